The van der Waals surface area contributed by atoms with E-state index in [-0.39, 0.29) is 5.78 Å². The molecule has 0 heterocycles. The minimum absolute atomic E-state index is 0.159. The Morgan fingerprint density at radius 1 is 0.850 bits per heavy atom. The van der Waals surface area contributed by atoms with Gasteiger partial charge >= 0.3 is 0 Å². The number of benzene rings is 2. The first-order chi connectivity index (χ1) is 9.84. The highest BCUT2D eigenvalue weighted by Gasteiger charge is 1.97. The molecule has 0 aliphatic rings. The van der Waals surface area contributed by atoms with Crippen LogP contribution in [-0.2, 0) is 11.2 Å². The van der Waals surface area contributed by atoms with Gasteiger partial charge in [0.15, 0.2) is 5.78 Å². The Bertz CT molecular complexity index is 580. The second-order valence-corrected chi connectivity index (χ2v) is 4.58. The van der Waals surface area contributed by atoms with E-state index in [4.69, 9.17) is 0 Å². The van der Waals surface area contributed by atoms with Gasteiger partial charge < -0.3 is 0 Å². The lowest BCUT2D eigenvalue weighted by molar-refractivity contribution is -0.114. The van der Waals surface area contributed by atoms with E-state index in [9.17, 15) is 4.79 Å². The summed E-state index contributed by atoms with van der Waals surface area (Å²) in [5.74, 6) is 0.159. The van der Waals surface area contributed by atoms with Gasteiger partial charge in [0.05, 0.1) is 0 Å². The predicted molar refractivity (Wildman–Crippen MR) is 84.4 cm³/mol. The van der Waals surface area contributed by atoms with E-state index in [2.05, 4.69) is 0 Å². The molecule has 0 N–H and O–H groups in total. The average Bonchev–Trinajstić information content (AvgIpc) is 2.52. The third-order valence-corrected chi connectivity index (χ3v) is 2.98. The number of carbonyl (C=O) groups is 1. The molecular formula is C19H18O. The molecule has 0 aliphatic heterocycles. The molecule has 2 rings (SSSR count). The summed E-state index contributed by atoms with van der Waals surface area (Å²) in [5.41, 5.74) is 2.34. The smallest absolute Gasteiger partial charge is 0.156 e. The van der Waals surface area contributed by atoms with Gasteiger partial charge in [0.1, 0.15) is 0 Å². The first-order valence-corrected chi connectivity index (χ1v) is 6.81. The third-order valence-electron chi connectivity index (χ3n) is 2.98. The Labute approximate surface area is 120 Å². The van der Waals surface area contributed by atoms with Crippen molar-refractivity contribution in [3.05, 3.63) is 90.0 Å². The summed E-state index contributed by atoms with van der Waals surface area (Å²) < 4.78 is 0. The van der Waals surface area contributed by atoms with Crippen LogP contribution in [0.25, 0.3) is 6.08 Å². The van der Waals surface area contributed by atoms with Gasteiger partial charge in [-0.1, -0.05) is 78.9 Å². The standard InChI is InChI=1S/C19H18O/c20-19(16-15-18-11-5-2-6-12-18)14-8-7-13-17-9-3-1-4-10-17/h1-14H,15-16H2/b13-7?,14-8+. The van der Waals surface area contributed by atoms with Crippen LogP contribution >= 0.6 is 0 Å². The molecule has 0 atom stereocenters. The van der Waals surface area contributed by atoms with E-state index in [0.717, 1.165) is 12.0 Å². The van der Waals surface area contributed by atoms with Crippen LogP contribution in [0.3, 0.4) is 0 Å². The number of carbonyl (C=O) groups excluding carboxylic acids is 1. The second-order valence-electron chi connectivity index (χ2n) is 4.58. The molecule has 1 nitrogen and oxygen atoms in total. The Morgan fingerprint density at radius 2 is 1.50 bits per heavy atom. The Hall–Kier alpha value is -2.41. The molecule has 2 aromatic carbocycles. The van der Waals surface area contributed by atoms with Gasteiger partial charge in [-0.3, -0.25) is 4.79 Å². The fourth-order valence-corrected chi connectivity index (χ4v) is 1.89. The zero-order valence-corrected chi connectivity index (χ0v) is 11.4. The molecule has 0 saturated heterocycles. The van der Waals surface area contributed by atoms with E-state index in [1.54, 1.807) is 12.2 Å². The minimum atomic E-state index is 0.159. The highest BCUT2D eigenvalue weighted by molar-refractivity contribution is 5.90. The Kier molecular flexibility index (Phi) is 5.53. The quantitative estimate of drug-likeness (QED) is 0.555. The molecule has 0 fully saturated rings. The lowest BCUT2D eigenvalue weighted by Crippen LogP contribution is -1.95. The van der Waals surface area contributed by atoms with Crippen molar-refractivity contribution in [2.45, 2.75) is 12.8 Å². The zero-order chi connectivity index (χ0) is 14.0. The van der Waals surface area contributed by atoms with Crippen molar-refractivity contribution in [1.29, 1.82) is 0 Å². The number of hydrogen-bond acceptors (Lipinski definition) is 1. The maximum absolute atomic E-state index is 11.7. The Balaban J connectivity index is 1.77. The van der Waals surface area contributed by atoms with Gasteiger partial charge in [0.25, 0.3) is 0 Å². The fourth-order valence-electron chi connectivity index (χ4n) is 1.89. The van der Waals surface area contributed by atoms with Gasteiger partial charge in [0.2, 0.25) is 0 Å². The third kappa shape index (κ3) is 5.07. The van der Waals surface area contributed by atoms with Crippen LogP contribution in [0.1, 0.15) is 17.5 Å². The fraction of sp³-hybridized carbons (Fsp3) is 0.105. The summed E-state index contributed by atoms with van der Waals surface area (Å²) in [6.45, 7) is 0. The molecule has 0 unspecified atom stereocenters. The molecule has 0 amide bonds. The summed E-state index contributed by atoms with van der Waals surface area (Å²) >= 11 is 0. The summed E-state index contributed by atoms with van der Waals surface area (Å²) in [7, 11) is 0. The first kappa shape index (κ1) is 14.0. The number of aryl methyl sites for hydroxylation is 1. The van der Waals surface area contributed by atoms with Crippen molar-refractivity contribution >= 4 is 11.9 Å². The van der Waals surface area contributed by atoms with Crippen molar-refractivity contribution in [3.63, 3.8) is 0 Å². The van der Waals surface area contributed by atoms with Crippen LogP contribution in [0.4, 0.5) is 0 Å². The monoisotopic (exact) mass is 262 g/mol. The molecule has 2 aromatic rings. The van der Waals surface area contributed by atoms with Crippen LogP contribution in [0.5, 0.6) is 0 Å². The lowest BCUT2D eigenvalue weighted by atomic mass is 10.1. The molecule has 0 aromatic heterocycles. The Morgan fingerprint density at radius 3 is 2.20 bits per heavy atom. The van der Waals surface area contributed by atoms with Crippen molar-refractivity contribution in [1.82, 2.24) is 0 Å². The second kappa shape index (κ2) is 7.90. The lowest BCUT2D eigenvalue weighted by Gasteiger charge is -1.97. The molecule has 0 aliphatic carbocycles. The van der Waals surface area contributed by atoms with Crippen molar-refractivity contribution in [2.24, 2.45) is 0 Å². The van der Waals surface area contributed by atoms with Gasteiger partial charge in [0, 0.05) is 6.42 Å². The largest absolute Gasteiger partial charge is 0.295 e. The van der Waals surface area contributed by atoms with E-state index in [1.165, 1.54) is 5.56 Å². The molecule has 0 spiro atoms. The highest BCUT2D eigenvalue weighted by Crippen LogP contribution is 2.04. The van der Waals surface area contributed by atoms with E-state index < -0.39 is 0 Å². The molecule has 20 heavy (non-hydrogen) atoms. The van der Waals surface area contributed by atoms with Crippen LogP contribution in [0, 0.1) is 0 Å². The number of hydrogen-bond donors (Lipinski definition) is 0. The normalized spacial score (nSPS) is 11.2. The minimum Gasteiger partial charge on any atom is -0.295 e. The van der Waals surface area contributed by atoms with E-state index in [0.29, 0.717) is 6.42 Å². The average molecular weight is 262 g/mol. The topological polar surface area (TPSA) is 17.1 Å². The molecule has 100 valence electrons. The highest BCUT2D eigenvalue weighted by atomic mass is 16.1. The predicted octanol–water partition coefficient (Wildman–Crippen LogP) is 4.46. The van der Waals surface area contributed by atoms with Crippen LogP contribution < -0.4 is 0 Å². The van der Waals surface area contributed by atoms with E-state index >= 15 is 0 Å². The SMILES string of the molecule is O=C(/C=C/C=Cc1ccccc1)CCc1ccccc1. The first-order valence-electron chi connectivity index (χ1n) is 6.81. The van der Waals surface area contributed by atoms with Crippen LogP contribution in [-0.4, -0.2) is 5.78 Å². The summed E-state index contributed by atoms with van der Waals surface area (Å²) in [6, 6.07) is 20.1. The summed E-state index contributed by atoms with van der Waals surface area (Å²) in [4.78, 5) is 11.7. The number of allylic oxidation sites excluding steroid dienone is 3. The van der Waals surface area contributed by atoms with Crippen molar-refractivity contribution < 1.29 is 4.79 Å². The number of rotatable bonds is 6. The molecule has 0 radical (unpaired) electrons. The molecule has 0 bridgehead atoms. The summed E-state index contributed by atoms with van der Waals surface area (Å²) in [5, 5.41) is 0. The van der Waals surface area contributed by atoms with Gasteiger partial charge in [-0.25, -0.2) is 0 Å². The maximum atomic E-state index is 11.7. The van der Waals surface area contributed by atoms with Crippen molar-refractivity contribution in [3.8, 4) is 0 Å². The zero-order valence-electron chi connectivity index (χ0n) is 11.4. The molecule has 1 heteroatoms. The van der Waals surface area contributed by atoms with Gasteiger partial charge in [-0.15, -0.1) is 0 Å². The molecule has 0 saturated carbocycles. The summed E-state index contributed by atoms with van der Waals surface area (Å²) in [6.07, 6.45) is 8.69. The van der Waals surface area contributed by atoms with Crippen LogP contribution in [0.2, 0.25) is 0 Å². The van der Waals surface area contributed by atoms with E-state index in [1.807, 2.05) is 72.8 Å². The van der Waals surface area contributed by atoms with Crippen molar-refractivity contribution in [2.75, 3.05) is 0 Å². The van der Waals surface area contributed by atoms with Gasteiger partial charge in [-0.05, 0) is 23.6 Å². The number of ketones is 1. The molecular weight excluding hydrogens is 244 g/mol. The van der Waals surface area contributed by atoms with Crippen LogP contribution in [0.15, 0.2) is 78.9 Å². The van der Waals surface area contributed by atoms with Gasteiger partial charge in [-0.2, -0.15) is 0 Å². The maximum Gasteiger partial charge on any atom is 0.156 e.